The molecule has 9 nitrogen and oxygen atoms in total. The Morgan fingerprint density at radius 3 is 3.11 bits per heavy atom. The number of morpholine rings is 1. The fraction of sp³-hybridized carbons (Fsp3) is 0.444. The van der Waals surface area contributed by atoms with Crippen molar-refractivity contribution in [1.29, 1.82) is 0 Å². The quantitative estimate of drug-likeness (QED) is 0.588. The van der Waals surface area contributed by atoms with E-state index in [4.69, 9.17) is 9.47 Å². The van der Waals surface area contributed by atoms with Gasteiger partial charge >= 0.3 is 0 Å². The summed E-state index contributed by atoms with van der Waals surface area (Å²) < 4.78 is 11.3. The van der Waals surface area contributed by atoms with E-state index in [0.717, 1.165) is 29.1 Å². The van der Waals surface area contributed by atoms with Gasteiger partial charge in [0, 0.05) is 29.4 Å². The van der Waals surface area contributed by atoms with Crippen molar-refractivity contribution >= 4 is 17.8 Å². The van der Waals surface area contributed by atoms with Gasteiger partial charge in [-0.25, -0.2) is 5.43 Å². The molecule has 0 spiro atoms. The Hall–Kier alpha value is -2.94. The molecule has 1 aliphatic heterocycles. The van der Waals surface area contributed by atoms with Gasteiger partial charge in [0.2, 0.25) is 0 Å². The number of ether oxygens (including phenoxy) is 2. The number of hydrogen-bond acceptors (Lipinski definition) is 7. The lowest BCUT2D eigenvalue weighted by molar-refractivity contribution is 0.0950. The summed E-state index contributed by atoms with van der Waals surface area (Å²) in [4.78, 5) is 14.2. The van der Waals surface area contributed by atoms with Crippen molar-refractivity contribution in [2.75, 3.05) is 31.3 Å². The van der Waals surface area contributed by atoms with E-state index in [0.29, 0.717) is 19.8 Å². The molecule has 1 atom stereocenters. The molecule has 0 bridgehead atoms. The molecule has 2 heterocycles. The van der Waals surface area contributed by atoms with Crippen LogP contribution in [0, 0.1) is 6.92 Å². The van der Waals surface area contributed by atoms with E-state index < -0.39 is 5.91 Å². The summed E-state index contributed by atoms with van der Waals surface area (Å²) in [6.07, 6.45) is 2.93. The molecule has 0 saturated carbocycles. The number of aromatic amines is 1. The number of nitrogens with one attached hydrogen (secondary N) is 2. The summed E-state index contributed by atoms with van der Waals surface area (Å²) in [6.45, 7) is 8.91. The smallest absolute Gasteiger partial charge is 0.293 e. The Balaban J connectivity index is 1.83. The minimum atomic E-state index is -0.431. The standard InChI is InChI=1S/C18H24N6O3/c1-4-27-17-8-14(9-19-22-18(25)15-10-20-23-21-15)7-16(13(17)3)24-5-6-26-11-12(24)2/h7-10,12H,4-6,11H2,1-3H3,(H,22,25)(H,20,21,23)/b19-9+. The first kappa shape index (κ1) is 18.8. The van der Waals surface area contributed by atoms with Gasteiger partial charge in [-0.15, -0.1) is 0 Å². The highest BCUT2D eigenvalue weighted by atomic mass is 16.5. The number of rotatable bonds is 6. The van der Waals surface area contributed by atoms with Crippen LogP contribution in [0.3, 0.4) is 0 Å². The zero-order valence-corrected chi connectivity index (χ0v) is 15.7. The maximum atomic E-state index is 11.9. The minimum Gasteiger partial charge on any atom is -0.494 e. The number of carbonyl (C=O) groups is 1. The van der Waals surface area contributed by atoms with Gasteiger partial charge < -0.3 is 14.4 Å². The lowest BCUT2D eigenvalue weighted by atomic mass is 10.1. The van der Waals surface area contributed by atoms with Crippen LogP contribution in [0.15, 0.2) is 23.4 Å². The average Bonchev–Trinajstić information content (AvgIpc) is 3.20. The Morgan fingerprint density at radius 2 is 2.41 bits per heavy atom. The van der Waals surface area contributed by atoms with Gasteiger partial charge in [0.25, 0.3) is 5.91 Å². The van der Waals surface area contributed by atoms with Crippen LogP contribution in [-0.2, 0) is 4.74 Å². The lowest BCUT2D eigenvalue weighted by Gasteiger charge is -2.36. The maximum Gasteiger partial charge on any atom is 0.293 e. The molecule has 2 N–H and O–H groups in total. The van der Waals surface area contributed by atoms with Crippen molar-refractivity contribution < 1.29 is 14.3 Å². The molecule has 3 rings (SSSR count). The minimum absolute atomic E-state index is 0.175. The Bertz CT molecular complexity index is 806. The zero-order valence-electron chi connectivity index (χ0n) is 15.7. The molecule has 2 aromatic rings. The highest BCUT2D eigenvalue weighted by molar-refractivity contribution is 5.93. The topological polar surface area (TPSA) is 105 Å². The summed E-state index contributed by atoms with van der Waals surface area (Å²) in [5.41, 5.74) is 5.61. The molecule has 144 valence electrons. The molecule has 1 amide bonds. The summed E-state index contributed by atoms with van der Waals surface area (Å²) in [5, 5.41) is 13.7. The number of benzene rings is 1. The molecule has 9 heteroatoms. The second kappa shape index (κ2) is 8.63. The zero-order chi connectivity index (χ0) is 19.2. The van der Waals surface area contributed by atoms with Crippen LogP contribution in [0.5, 0.6) is 5.75 Å². The molecule has 1 fully saturated rings. The second-order valence-corrected chi connectivity index (χ2v) is 6.27. The number of hydrazone groups is 1. The van der Waals surface area contributed by atoms with E-state index in [1.807, 2.05) is 19.1 Å². The lowest BCUT2D eigenvalue weighted by Crippen LogP contribution is -2.44. The molecule has 1 aromatic carbocycles. The van der Waals surface area contributed by atoms with Gasteiger partial charge in [0.05, 0.1) is 32.2 Å². The number of H-pyrrole nitrogens is 1. The van der Waals surface area contributed by atoms with Crippen molar-refractivity contribution in [1.82, 2.24) is 20.8 Å². The highest BCUT2D eigenvalue weighted by Crippen LogP contribution is 2.32. The molecular weight excluding hydrogens is 348 g/mol. The van der Waals surface area contributed by atoms with Crippen molar-refractivity contribution in [2.45, 2.75) is 26.8 Å². The van der Waals surface area contributed by atoms with Gasteiger partial charge in [-0.3, -0.25) is 4.79 Å². The van der Waals surface area contributed by atoms with Gasteiger partial charge in [-0.05, 0) is 32.9 Å². The summed E-state index contributed by atoms with van der Waals surface area (Å²) >= 11 is 0. The molecule has 1 unspecified atom stereocenters. The third-order valence-electron chi connectivity index (χ3n) is 4.36. The predicted molar refractivity (Wildman–Crippen MR) is 101 cm³/mol. The predicted octanol–water partition coefficient (Wildman–Crippen LogP) is 1.50. The van der Waals surface area contributed by atoms with Crippen molar-refractivity contribution in [3.05, 3.63) is 35.2 Å². The summed E-state index contributed by atoms with van der Waals surface area (Å²) in [7, 11) is 0. The normalized spacial score (nSPS) is 17.3. The molecule has 0 aliphatic carbocycles. The van der Waals surface area contributed by atoms with Crippen molar-refractivity contribution in [3.63, 3.8) is 0 Å². The van der Waals surface area contributed by atoms with E-state index in [1.165, 1.54) is 6.20 Å². The van der Waals surface area contributed by atoms with E-state index in [2.05, 4.69) is 44.7 Å². The van der Waals surface area contributed by atoms with Crippen LogP contribution in [0.25, 0.3) is 0 Å². The first-order valence-electron chi connectivity index (χ1n) is 8.91. The van der Waals surface area contributed by atoms with Crippen LogP contribution < -0.4 is 15.1 Å². The molecular formula is C18H24N6O3. The van der Waals surface area contributed by atoms with Crippen LogP contribution in [0.2, 0.25) is 0 Å². The number of nitrogens with zero attached hydrogens (tertiary/aromatic N) is 4. The van der Waals surface area contributed by atoms with E-state index in [-0.39, 0.29) is 11.7 Å². The van der Waals surface area contributed by atoms with E-state index in [1.54, 1.807) is 6.21 Å². The van der Waals surface area contributed by atoms with Crippen LogP contribution in [-0.4, -0.2) is 59.9 Å². The fourth-order valence-corrected chi connectivity index (χ4v) is 2.99. The molecule has 0 radical (unpaired) electrons. The fourth-order valence-electron chi connectivity index (χ4n) is 2.99. The molecule has 1 aromatic heterocycles. The van der Waals surface area contributed by atoms with Gasteiger partial charge in [-0.1, -0.05) is 0 Å². The monoisotopic (exact) mass is 372 g/mol. The Morgan fingerprint density at radius 1 is 1.56 bits per heavy atom. The molecule has 1 aliphatic rings. The maximum absolute atomic E-state index is 11.9. The van der Waals surface area contributed by atoms with Crippen molar-refractivity contribution in [3.8, 4) is 5.75 Å². The first-order valence-corrected chi connectivity index (χ1v) is 8.91. The van der Waals surface area contributed by atoms with Crippen LogP contribution in [0.1, 0.15) is 35.5 Å². The third kappa shape index (κ3) is 4.43. The Labute approximate surface area is 157 Å². The number of aromatic nitrogens is 3. The summed E-state index contributed by atoms with van der Waals surface area (Å²) in [5.74, 6) is 0.372. The number of amides is 1. The molecule has 27 heavy (non-hydrogen) atoms. The van der Waals surface area contributed by atoms with Gasteiger partial charge in [0.1, 0.15) is 5.75 Å². The van der Waals surface area contributed by atoms with Crippen LogP contribution in [0.4, 0.5) is 5.69 Å². The van der Waals surface area contributed by atoms with Gasteiger partial charge in [0.15, 0.2) is 5.69 Å². The Kier molecular flexibility index (Phi) is 6.02. The SMILES string of the molecule is CCOc1cc(/C=N/NC(=O)c2cn[nH]n2)cc(N2CCOCC2C)c1C. The molecule has 1 saturated heterocycles. The number of hydrogen-bond donors (Lipinski definition) is 2. The van der Waals surface area contributed by atoms with E-state index in [9.17, 15) is 4.79 Å². The highest BCUT2D eigenvalue weighted by Gasteiger charge is 2.22. The first-order chi connectivity index (χ1) is 13.1. The largest absolute Gasteiger partial charge is 0.494 e. The van der Waals surface area contributed by atoms with Crippen LogP contribution >= 0.6 is 0 Å². The number of carbonyl (C=O) groups excluding carboxylic acids is 1. The van der Waals surface area contributed by atoms with Crippen molar-refractivity contribution in [2.24, 2.45) is 5.10 Å². The van der Waals surface area contributed by atoms with E-state index >= 15 is 0 Å². The number of anilines is 1. The third-order valence-corrected chi connectivity index (χ3v) is 4.36. The second-order valence-electron chi connectivity index (χ2n) is 6.27. The van der Waals surface area contributed by atoms with Gasteiger partial charge in [-0.2, -0.15) is 20.5 Å². The average molecular weight is 372 g/mol. The summed E-state index contributed by atoms with van der Waals surface area (Å²) in [6, 6.07) is 4.23.